The molecule has 4 aromatic rings. The molecule has 0 saturated heterocycles. The molecule has 0 aliphatic carbocycles. The molecule has 3 N–H and O–H groups in total. The topological polar surface area (TPSA) is 109 Å². The fourth-order valence-electron chi connectivity index (χ4n) is 3.47. The van der Waals surface area contributed by atoms with Crippen LogP contribution in [0, 0.1) is 0 Å². The van der Waals surface area contributed by atoms with E-state index >= 15 is 0 Å². The first kappa shape index (κ1) is 19.4. The van der Waals surface area contributed by atoms with E-state index in [2.05, 4.69) is 30.9 Å². The molecule has 0 spiro atoms. The van der Waals surface area contributed by atoms with Crippen LogP contribution in [-0.2, 0) is 11.2 Å². The molecular formula is C24H18N6O2. The van der Waals surface area contributed by atoms with Gasteiger partial charge in [0.2, 0.25) is 11.9 Å². The Hall–Kier alpha value is -4.59. The van der Waals surface area contributed by atoms with E-state index in [-0.39, 0.29) is 18.2 Å². The normalized spacial score (nSPS) is 12.1. The molecule has 2 aromatic carbocycles. The highest BCUT2D eigenvalue weighted by atomic mass is 16.2. The van der Waals surface area contributed by atoms with Crippen LogP contribution >= 0.6 is 0 Å². The Balaban J connectivity index is 1.36. The molecule has 32 heavy (non-hydrogen) atoms. The molecule has 0 atom stereocenters. The zero-order valence-corrected chi connectivity index (χ0v) is 16.9. The van der Waals surface area contributed by atoms with E-state index in [1.165, 1.54) is 0 Å². The third kappa shape index (κ3) is 4.01. The van der Waals surface area contributed by atoms with Gasteiger partial charge in [0.05, 0.1) is 29.7 Å². The summed E-state index contributed by atoms with van der Waals surface area (Å²) in [4.78, 5) is 37.6. The minimum Gasteiger partial charge on any atom is -0.325 e. The number of pyridine rings is 1. The van der Waals surface area contributed by atoms with Gasteiger partial charge in [0, 0.05) is 34.8 Å². The second-order valence-electron chi connectivity index (χ2n) is 7.24. The number of anilines is 4. The zero-order valence-electron chi connectivity index (χ0n) is 16.9. The number of nitrogens with zero attached hydrogens (tertiary/aromatic N) is 3. The number of aromatic nitrogens is 3. The van der Waals surface area contributed by atoms with E-state index in [0.29, 0.717) is 22.9 Å². The number of amides is 2. The molecule has 2 amide bonds. The summed E-state index contributed by atoms with van der Waals surface area (Å²) in [5.41, 5.74) is 4.93. The summed E-state index contributed by atoms with van der Waals surface area (Å²) < 4.78 is 0. The third-order valence-electron chi connectivity index (χ3n) is 4.99. The van der Waals surface area contributed by atoms with Crippen LogP contribution in [0.5, 0.6) is 0 Å². The van der Waals surface area contributed by atoms with Gasteiger partial charge in [-0.3, -0.25) is 14.6 Å². The van der Waals surface area contributed by atoms with E-state index in [1.54, 1.807) is 55.0 Å². The Bertz CT molecular complexity index is 1310. The minimum atomic E-state index is -0.223. The predicted molar refractivity (Wildman–Crippen MR) is 122 cm³/mol. The summed E-state index contributed by atoms with van der Waals surface area (Å²) in [6.07, 6.45) is 5.12. The highest BCUT2D eigenvalue weighted by molar-refractivity contribution is 6.04. The van der Waals surface area contributed by atoms with Crippen LogP contribution < -0.4 is 16.0 Å². The summed E-state index contributed by atoms with van der Waals surface area (Å²) in [5, 5.41) is 8.87. The largest absolute Gasteiger partial charge is 0.325 e. The summed E-state index contributed by atoms with van der Waals surface area (Å²) in [6.45, 7) is 0. The molecule has 156 valence electrons. The van der Waals surface area contributed by atoms with Crippen molar-refractivity contribution in [3.63, 3.8) is 0 Å². The molecule has 0 saturated carbocycles. The van der Waals surface area contributed by atoms with Crippen LogP contribution in [0.2, 0.25) is 0 Å². The van der Waals surface area contributed by atoms with Crippen molar-refractivity contribution >= 4 is 34.8 Å². The van der Waals surface area contributed by atoms with Crippen molar-refractivity contribution in [2.75, 3.05) is 16.0 Å². The van der Waals surface area contributed by atoms with Crippen molar-refractivity contribution in [1.82, 2.24) is 15.0 Å². The first-order valence-corrected chi connectivity index (χ1v) is 9.99. The standard InChI is InChI=1S/C24H18N6O2/c31-21-12-16-13-26-24(30-22(16)19-5-1-2-6-20(19)29-21)28-17-9-7-15(8-10-17)23(32)27-18-4-3-11-25-14-18/h1-11,13-14H,12H2,(H,27,32)(H,29,31)(H,26,28,30). The van der Waals surface area contributed by atoms with Crippen LogP contribution in [0.1, 0.15) is 15.9 Å². The van der Waals surface area contributed by atoms with Gasteiger partial charge in [-0.1, -0.05) is 18.2 Å². The lowest BCUT2D eigenvalue weighted by atomic mass is 10.1. The molecule has 8 heteroatoms. The molecule has 1 aliphatic rings. The van der Waals surface area contributed by atoms with Gasteiger partial charge in [-0.15, -0.1) is 0 Å². The monoisotopic (exact) mass is 422 g/mol. The SMILES string of the molecule is O=C1Cc2cnc(Nc3ccc(C(=O)Nc4cccnc4)cc3)nc2-c2ccccc2N1. The Morgan fingerprint density at radius 3 is 2.59 bits per heavy atom. The van der Waals surface area contributed by atoms with Crippen LogP contribution in [0.15, 0.2) is 79.3 Å². The molecule has 0 fully saturated rings. The number of hydrogen-bond acceptors (Lipinski definition) is 6. The fourth-order valence-corrected chi connectivity index (χ4v) is 3.47. The zero-order chi connectivity index (χ0) is 21.9. The molecular weight excluding hydrogens is 404 g/mol. The van der Waals surface area contributed by atoms with Crippen molar-refractivity contribution in [2.45, 2.75) is 6.42 Å². The number of hydrogen-bond donors (Lipinski definition) is 3. The van der Waals surface area contributed by atoms with E-state index < -0.39 is 0 Å². The Labute approximate surface area is 183 Å². The summed E-state index contributed by atoms with van der Waals surface area (Å²) in [6, 6.07) is 18.1. The molecule has 5 rings (SSSR count). The van der Waals surface area contributed by atoms with Gasteiger partial charge in [-0.2, -0.15) is 0 Å². The fraction of sp³-hybridized carbons (Fsp3) is 0.0417. The van der Waals surface area contributed by atoms with Gasteiger partial charge < -0.3 is 16.0 Å². The number of benzene rings is 2. The van der Waals surface area contributed by atoms with Gasteiger partial charge >= 0.3 is 0 Å². The summed E-state index contributed by atoms with van der Waals surface area (Å²) >= 11 is 0. The highest BCUT2D eigenvalue weighted by Gasteiger charge is 2.20. The van der Waals surface area contributed by atoms with Crippen molar-refractivity contribution in [3.05, 3.63) is 90.4 Å². The third-order valence-corrected chi connectivity index (χ3v) is 4.99. The maximum Gasteiger partial charge on any atom is 0.255 e. The second-order valence-corrected chi connectivity index (χ2v) is 7.24. The maximum atomic E-state index is 12.4. The lowest BCUT2D eigenvalue weighted by Gasteiger charge is -2.11. The van der Waals surface area contributed by atoms with Crippen LogP contribution in [0.25, 0.3) is 11.3 Å². The lowest BCUT2D eigenvalue weighted by molar-refractivity contribution is -0.115. The molecule has 0 unspecified atom stereocenters. The highest BCUT2D eigenvalue weighted by Crippen LogP contribution is 2.32. The number of para-hydroxylation sites is 1. The number of rotatable bonds is 4. The molecule has 0 bridgehead atoms. The average Bonchev–Trinajstić information content (AvgIpc) is 2.95. The van der Waals surface area contributed by atoms with E-state index in [4.69, 9.17) is 0 Å². The van der Waals surface area contributed by atoms with Crippen LogP contribution in [-0.4, -0.2) is 26.8 Å². The Kier molecular flexibility index (Phi) is 5.01. The van der Waals surface area contributed by atoms with E-state index in [0.717, 1.165) is 22.5 Å². The van der Waals surface area contributed by atoms with Crippen LogP contribution in [0.3, 0.4) is 0 Å². The van der Waals surface area contributed by atoms with E-state index in [1.807, 2.05) is 24.3 Å². The first-order chi connectivity index (χ1) is 15.7. The molecule has 1 aliphatic heterocycles. The maximum absolute atomic E-state index is 12.4. The van der Waals surface area contributed by atoms with Crippen molar-refractivity contribution in [3.8, 4) is 11.3 Å². The lowest BCUT2D eigenvalue weighted by Crippen LogP contribution is -2.12. The average molecular weight is 422 g/mol. The minimum absolute atomic E-state index is 0.0966. The van der Waals surface area contributed by atoms with Gasteiger partial charge in [0.1, 0.15) is 0 Å². The predicted octanol–water partition coefficient (Wildman–Crippen LogP) is 4.03. The van der Waals surface area contributed by atoms with Crippen molar-refractivity contribution in [2.24, 2.45) is 0 Å². The molecule has 0 radical (unpaired) electrons. The molecule has 3 heterocycles. The van der Waals surface area contributed by atoms with Gasteiger partial charge in [-0.25, -0.2) is 9.97 Å². The van der Waals surface area contributed by atoms with E-state index in [9.17, 15) is 9.59 Å². The van der Waals surface area contributed by atoms with Crippen molar-refractivity contribution in [1.29, 1.82) is 0 Å². The molecule has 8 nitrogen and oxygen atoms in total. The summed E-state index contributed by atoms with van der Waals surface area (Å²) in [5.74, 6) is 0.0840. The molecule has 2 aromatic heterocycles. The smallest absolute Gasteiger partial charge is 0.255 e. The Morgan fingerprint density at radius 2 is 1.78 bits per heavy atom. The van der Waals surface area contributed by atoms with Gasteiger partial charge in [0.15, 0.2) is 0 Å². The summed E-state index contributed by atoms with van der Waals surface area (Å²) in [7, 11) is 0. The second kappa shape index (κ2) is 8.27. The van der Waals surface area contributed by atoms with Gasteiger partial charge in [-0.05, 0) is 42.5 Å². The Morgan fingerprint density at radius 1 is 0.938 bits per heavy atom. The quantitative estimate of drug-likeness (QED) is 0.458. The van der Waals surface area contributed by atoms with Crippen LogP contribution in [0.4, 0.5) is 23.0 Å². The number of fused-ring (bicyclic) bond motifs is 3. The number of carbonyl (C=O) groups excluding carboxylic acids is 2. The van der Waals surface area contributed by atoms with Crippen molar-refractivity contribution < 1.29 is 9.59 Å². The first-order valence-electron chi connectivity index (χ1n) is 9.99. The van der Waals surface area contributed by atoms with Gasteiger partial charge in [0.25, 0.3) is 5.91 Å². The number of carbonyl (C=O) groups is 2. The number of nitrogens with one attached hydrogen (secondary N) is 3.